The van der Waals surface area contributed by atoms with Crippen LogP contribution in [0.3, 0.4) is 0 Å². The van der Waals surface area contributed by atoms with Crippen molar-refractivity contribution in [3.63, 3.8) is 0 Å². The molecule has 1 aromatic carbocycles. The number of nitrogens with one attached hydrogen (secondary N) is 2. The zero-order chi connectivity index (χ0) is 18.5. The molecule has 2 heterocycles. The summed E-state index contributed by atoms with van der Waals surface area (Å²) < 4.78 is 0. The molecule has 3 amide bonds. The molecule has 3 N–H and O–H groups in total. The summed E-state index contributed by atoms with van der Waals surface area (Å²) in [5.74, 6) is -1.23. The molecule has 1 aromatic heterocycles. The lowest BCUT2D eigenvalue weighted by Gasteiger charge is -2.13. The van der Waals surface area contributed by atoms with Crippen molar-refractivity contribution >= 4 is 29.1 Å². The predicted octanol–water partition coefficient (Wildman–Crippen LogP) is 0.991. The monoisotopic (exact) mass is 352 g/mol. The summed E-state index contributed by atoms with van der Waals surface area (Å²) in [5, 5.41) is 14.5. The second kappa shape index (κ2) is 7.58. The van der Waals surface area contributed by atoms with E-state index in [4.69, 9.17) is 5.11 Å². The number of nitrogens with zero attached hydrogens (tertiary/aromatic N) is 2. The Morgan fingerprint density at radius 2 is 1.85 bits per heavy atom. The zero-order valence-electron chi connectivity index (χ0n) is 13.7. The third-order valence-electron chi connectivity index (χ3n) is 3.68. The molecular formula is C18H16N4O4. The van der Waals surface area contributed by atoms with Crippen molar-refractivity contribution in [2.75, 3.05) is 23.8 Å². The van der Waals surface area contributed by atoms with Gasteiger partial charge in [0.05, 0.1) is 18.7 Å². The Labute approximate surface area is 149 Å². The van der Waals surface area contributed by atoms with Gasteiger partial charge in [-0.25, -0.2) is 0 Å². The van der Waals surface area contributed by atoms with E-state index in [-0.39, 0.29) is 24.8 Å². The highest BCUT2D eigenvalue weighted by molar-refractivity contribution is 6.17. The number of anilines is 2. The average molecular weight is 352 g/mol. The lowest BCUT2D eigenvalue weighted by Crippen LogP contribution is -2.34. The van der Waals surface area contributed by atoms with Crippen LogP contribution in [0, 0.1) is 0 Å². The Morgan fingerprint density at radius 3 is 2.50 bits per heavy atom. The van der Waals surface area contributed by atoms with Crippen molar-refractivity contribution < 1.29 is 19.5 Å². The lowest BCUT2D eigenvalue weighted by molar-refractivity contribution is -0.137. The highest BCUT2D eigenvalue weighted by atomic mass is 16.3. The molecule has 1 aliphatic heterocycles. The van der Waals surface area contributed by atoms with E-state index in [0.29, 0.717) is 16.9 Å². The number of pyridine rings is 1. The number of carbonyl (C=O) groups excluding carboxylic acids is 3. The fourth-order valence-corrected chi connectivity index (χ4v) is 2.40. The van der Waals surface area contributed by atoms with Gasteiger partial charge in [-0.3, -0.25) is 24.3 Å². The van der Waals surface area contributed by atoms with E-state index in [1.807, 2.05) is 0 Å². The number of hydrogen-bond donors (Lipinski definition) is 3. The maximum absolute atomic E-state index is 12.1. The van der Waals surface area contributed by atoms with Crippen LogP contribution in [0.15, 0.2) is 60.6 Å². The molecule has 132 valence electrons. The van der Waals surface area contributed by atoms with E-state index in [0.717, 1.165) is 4.90 Å². The van der Waals surface area contributed by atoms with Gasteiger partial charge >= 0.3 is 0 Å². The van der Waals surface area contributed by atoms with Gasteiger partial charge < -0.3 is 15.7 Å². The summed E-state index contributed by atoms with van der Waals surface area (Å²) in [6.07, 6.45) is 4.25. The highest BCUT2D eigenvalue weighted by Gasteiger charge is 2.30. The summed E-state index contributed by atoms with van der Waals surface area (Å²) >= 11 is 0. The number of aromatic nitrogens is 1. The van der Waals surface area contributed by atoms with Crippen LogP contribution in [0.4, 0.5) is 11.4 Å². The summed E-state index contributed by atoms with van der Waals surface area (Å²) in [7, 11) is 0. The third-order valence-corrected chi connectivity index (χ3v) is 3.68. The topological polar surface area (TPSA) is 112 Å². The number of aliphatic hydroxyl groups excluding tert-OH is 1. The van der Waals surface area contributed by atoms with Gasteiger partial charge in [0, 0.05) is 29.8 Å². The number of amides is 3. The first-order valence-corrected chi connectivity index (χ1v) is 7.85. The number of carbonyl (C=O) groups is 3. The third kappa shape index (κ3) is 3.76. The molecule has 2 aromatic rings. The molecule has 0 fully saturated rings. The van der Waals surface area contributed by atoms with Crippen molar-refractivity contribution in [3.8, 4) is 0 Å². The molecule has 0 spiro atoms. The van der Waals surface area contributed by atoms with Crippen LogP contribution in [0.5, 0.6) is 0 Å². The maximum Gasteiger partial charge on any atom is 0.277 e. The largest absolute Gasteiger partial charge is 0.395 e. The van der Waals surface area contributed by atoms with Crippen molar-refractivity contribution in [1.82, 2.24) is 9.88 Å². The molecule has 0 bridgehead atoms. The molecule has 26 heavy (non-hydrogen) atoms. The van der Waals surface area contributed by atoms with Crippen LogP contribution >= 0.6 is 0 Å². The quantitative estimate of drug-likeness (QED) is 0.669. The normalized spacial score (nSPS) is 13.6. The van der Waals surface area contributed by atoms with Gasteiger partial charge in [-0.2, -0.15) is 0 Å². The van der Waals surface area contributed by atoms with Crippen LogP contribution in [0.2, 0.25) is 0 Å². The van der Waals surface area contributed by atoms with Crippen LogP contribution in [0.1, 0.15) is 10.4 Å². The smallest absolute Gasteiger partial charge is 0.277 e. The molecule has 0 radical (unpaired) electrons. The Hall–Kier alpha value is -3.52. The first-order valence-electron chi connectivity index (χ1n) is 7.85. The number of aliphatic hydroxyl groups is 1. The van der Waals surface area contributed by atoms with Crippen LogP contribution in [0.25, 0.3) is 0 Å². The van der Waals surface area contributed by atoms with E-state index < -0.39 is 11.8 Å². The first kappa shape index (κ1) is 17.3. The van der Waals surface area contributed by atoms with Gasteiger partial charge in [-0.1, -0.05) is 0 Å². The summed E-state index contributed by atoms with van der Waals surface area (Å²) in [4.78, 5) is 40.7. The predicted molar refractivity (Wildman–Crippen MR) is 94.1 cm³/mol. The number of β-amino-alcohol motifs (C(OH)–C–C–N with tert-alkyl or cyclic N) is 1. The number of rotatable bonds is 6. The van der Waals surface area contributed by atoms with E-state index in [1.165, 1.54) is 12.3 Å². The molecule has 8 heteroatoms. The van der Waals surface area contributed by atoms with E-state index in [9.17, 15) is 14.4 Å². The lowest BCUT2D eigenvalue weighted by atomic mass is 10.2. The molecule has 0 atom stereocenters. The second-order valence-electron chi connectivity index (χ2n) is 5.47. The van der Waals surface area contributed by atoms with E-state index in [1.54, 1.807) is 42.6 Å². The molecule has 1 aliphatic rings. The van der Waals surface area contributed by atoms with Gasteiger partial charge in [-0.15, -0.1) is 0 Å². The van der Waals surface area contributed by atoms with E-state index in [2.05, 4.69) is 15.6 Å². The number of benzene rings is 1. The molecule has 8 nitrogen and oxygen atoms in total. The fraction of sp³-hybridized carbons (Fsp3) is 0.111. The summed E-state index contributed by atoms with van der Waals surface area (Å²) in [6.45, 7) is -0.331. The van der Waals surface area contributed by atoms with Crippen LogP contribution in [-0.2, 0) is 9.59 Å². The molecule has 0 unspecified atom stereocenters. The SMILES string of the molecule is O=C(Nc1ccc(NC2=CC(=O)N(CCO)C2=O)cc1)c1cccnc1. The summed E-state index contributed by atoms with van der Waals surface area (Å²) in [5.41, 5.74) is 1.74. The highest BCUT2D eigenvalue weighted by Crippen LogP contribution is 2.19. The van der Waals surface area contributed by atoms with Crippen molar-refractivity contribution in [3.05, 3.63) is 66.1 Å². The van der Waals surface area contributed by atoms with Crippen LogP contribution < -0.4 is 10.6 Å². The number of imide groups is 1. The van der Waals surface area contributed by atoms with Crippen molar-refractivity contribution in [2.24, 2.45) is 0 Å². The number of hydrogen-bond acceptors (Lipinski definition) is 6. The Balaban J connectivity index is 1.63. The van der Waals surface area contributed by atoms with Gasteiger partial charge in [0.15, 0.2) is 0 Å². The van der Waals surface area contributed by atoms with E-state index >= 15 is 0 Å². The van der Waals surface area contributed by atoms with Crippen LogP contribution in [-0.4, -0.2) is 45.9 Å². The van der Waals surface area contributed by atoms with Gasteiger partial charge in [0.2, 0.25) is 0 Å². The minimum Gasteiger partial charge on any atom is -0.395 e. The zero-order valence-corrected chi connectivity index (χ0v) is 13.7. The van der Waals surface area contributed by atoms with Crippen molar-refractivity contribution in [1.29, 1.82) is 0 Å². The molecule has 3 rings (SSSR count). The van der Waals surface area contributed by atoms with Crippen molar-refractivity contribution in [2.45, 2.75) is 0 Å². The summed E-state index contributed by atoms with van der Waals surface area (Å²) in [6, 6.07) is 10.0. The Bertz CT molecular complexity index is 863. The fourth-order valence-electron chi connectivity index (χ4n) is 2.40. The van der Waals surface area contributed by atoms with Gasteiger partial charge in [0.1, 0.15) is 5.70 Å². The minimum absolute atomic E-state index is 0.0430. The Kier molecular flexibility index (Phi) is 5.04. The van der Waals surface area contributed by atoms with Gasteiger partial charge in [-0.05, 0) is 36.4 Å². The second-order valence-corrected chi connectivity index (χ2v) is 5.47. The van der Waals surface area contributed by atoms with Gasteiger partial charge in [0.25, 0.3) is 17.7 Å². The molecule has 0 aliphatic carbocycles. The molecule has 0 saturated carbocycles. The first-order chi connectivity index (χ1) is 12.6. The average Bonchev–Trinajstić information content (AvgIpc) is 2.92. The Morgan fingerprint density at radius 1 is 1.12 bits per heavy atom. The molecular weight excluding hydrogens is 336 g/mol. The minimum atomic E-state index is -0.488. The molecule has 0 saturated heterocycles. The maximum atomic E-state index is 12.1. The standard InChI is InChI=1S/C18H16N4O4/c23-9-8-22-16(24)10-15(18(22)26)20-13-3-5-14(6-4-13)21-17(25)12-2-1-7-19-11-12/h1-7,10-11,20,23H,8-9H2,(H,21,25).